The largest absolute Gasteiger partial charge is 0.468 e. The highest BCUT2D eigenvalue weighted by Crippen LogP contribution is 2.33. The molecule has 162 valence electrons. The lowest BCUT2D eigenvalue weighted by atomic mass is 9.92. The van der Waals surface area contributed by atoms with Crippen molar-refractivity contribution in [1.29, 1.82) is 0 Å². The van der Waals surface area contributed by atoms with E-state index in [2.05, 4.69) is 47.4 Å². The molecule has 1 saturated heterocycles. The maximum Gasteiger partial charge on any atom is 0.156 e. The number of aromatic nitrogens is 3. The summed E-state index contributed by atoms with van der Waals surface area (Å²) in [6, 6.07) is 6.64. The second-order valence-electron chi connectivity index (χ2n) is 8.53. The van der Waals surface area contributed by atoms with Crippen LogP contribution in [0.25, 0.3) is 11.0 Å². The summed E-state index contributed by atoms with van der Waals surface area (Å²) >= 11 is 0. The number of imidazole rings is 1. The van der Waals surface area contributed by atoms with Crippen LogP contribution < -0.4 is 4.90 Å². The number of pyridine rings is 1. The molecule has 1 aliphatic heterocycles. The summed E-state index contributed by atoms with van der Waals surface area (Å²) in [6.07, 6.45) is 5.91. The minimum absolute atomic E-state index is 0.359. The minimum Gasteiger partial charge on any atom is -0.468 e. The van der Waals surface area contributed by atoms with Crippen molar-refractivity contribution >= 4 is 16.9 Å². The minimum atomic E-state index is 0.359. The van der Waals surface area contributed by atoms with Gasteiger partial charge < -0.3 is 18.6 Å². The number of hydrogen-bond donors (Lipinski definition) is 0. The zero-order valence-electron chi connectivity index (χ0n) is 18.5. The summed E-state index contributed by atoms with van der Waals surface area (Å²) in [6.45, 7) is 8.85. The Bertz CT molecular complexity index is 942. The highest BCUT2D eigenvalue weighted by atomic mass is 16.5. The molecule has 30 heavy (non-hydrogen) atoms. The van der Waals surface area contributed by atoms with Crippen LogP contribution in [0.15, 0.2) is 35.2 Å². The van der Waals surface area contributed by atoms with Gasteiger partial charge in [0.2, 0.25) is 0 Å². The molecule has 1 aliphatic rings. The van der Waals surface area contributed by atoms with Gasteiger partial charge >= 0.3 is 0 Å². The van der Waals surface area contributed by atoms with Crippen LogP contribution >= 0.6 is 0 Å². The fourth-order valence-corrected chi connectivity index (χ4v) is 4.26. The monoisotopic (exact) mass is 411 g/mol. The van der Waals surface area contributed by atoms with E-state index in [1.165, 1.54) is 11.2 Å². The third-order valence-corrected chi connectivity index (χ3v) is 6.08. The van der Waals surface area contributed by atoms with Gasteiger partial charge in [0.15, 0.2) is 5.82 Å². The number of furan rings is 1. The van der Waals surface area contributed by atoms with Crippen molar-refractivity contribution in [3.8, 4) is 0 Å². The summed E-state index contributed by atoms with van der Waals surface area (Å²) in [7, 11) is 3.81. The topological polar surface area (TPSA) is 59.6 Å². The van der Waals surface area contributed by atoms with E-state index in [0.29, 0.717) is 18.6 Å². The molecule has 0 aromatic carbocycles. The molecule has 0 aliphatic carbocycles. The van der Waals surface area contributed by atoms with Gasteiger partial charge in [-0.15, -0.1) is 0 Å². The standard InChI is InChI=1S/C23H33N5O2/c1-17(2)28-16-24-22-21(28)14-20(25-23(22)26(3)11-13-29-4)18-7-9-27(10-8-18)15-19-6-5-12-30-19/h5-6,12,14,16-18H,7-11,13,15H2,1-4H3. The van der Waals surface area contributed by atoms with Gasteiger partial charge in [0.1, 0.15) is 11.3 Å². The first-order chi connectivity index (χ1) is 14.6. The first kappa shape index (κ1) is 20.9. The Hall–Kier alpha value is -2.38. The van der Waals surface area contributed by atoms with Crippen LogP contribution in [0.1, 0.15) is 50.1 Å². The van der Waals surface area contributed by atoms with Gasteiger partial charge in [-0.05, 0) is 58.0 Å². The molecule has 0 bridgehead atoms. The molecular formula is C23H33N5O2. The van der Waals surface area contributed by atoms with Crippen molar-refractivity contribution in [1.82, 2.24) is 19.4 Å². The number of rotatable bonds is 8. The van der Waals surface area contributed by atoms with Crippen molar-refractivity contribution in [2.24, 2.45) is 0 Å². The Labute approximate surface area is 178 Å². The smallest absolute Gasteiger partial charge is 0.156 e. The second-order valence-corrected chi connectivity index (χ2v) is 8.53. The van der Waals surface area contributed by atoms with Crippen molar-refractivity contribution in [3.05, 3.63) is 42.2 Å². The number of piperidine rings is 1. The Morgan fingerprint density at radius 1 is 1.30 bits per heavy atom. The molecule has 4 heterocycles. The van der Waals surface area contributed by atoms with Crippen molar-refractivity contribution in [2.45, 2.75) is 45.2 Å². The number of fused-ring (bicyclic) bond motifs is 1. The van der Waals surface area contributed by atoms with E-state index in [0.717, 1.165) is 56.1 Å². The third-order valence-electron chi connectivity index (χ3n) is 6.08. The third kappa shape index (κ3) is 4.37. The molecule has 7 heteroatoms. The van der Waals surface area contributed by atoms with E-state index in [1.807, 2.05) is 12.4 Å². The normalized spacial score (nSPS) is 16.0. The van der Waals surface area contributed by atoms with Gasteiger partial charge in [0.25, 0.3) is 0 Å². The Morgan fingerprint density at radius 2 is 2.10 bits per heavy atom. The molecule has 4 rings (SSSR count). The highest BCUT2D eigenvalue weighted by molar-refractivity contribution is 5.87. The molecule has 1 fully saturated rings. The first-order valence-corrected chi connectivity index (χ1v) is 10.9. The maximum atomic E-state index is 5.52. The number of ether oxygens (including phenoxy) is 1. The van der Waals surface area contributed by atoms with Crippen LogP contribution in [0.5, 0.6) is 0 Å². The van der Waals surface area contributed by atoms with E-state index in [9.17, 15) is 0 Å². The number of likely N-dealkylation sites (N-methyl/N-ethyl adjacent to an activating group) is 1. The van der Waals surface area contributed by atoms with E-state index >= 15 is 0 Å². The van der Waals surface area contributed by atoms with E-state index in [-0.39, 0.29) is 0 Å². The fourth-order valence-electron chi connectivity index (χ4n) is 4.26. The average molecular weight is 412 g/mol. The number of methoxy groups -OCH3 is 1. The second kappa shape index (κ2) is 9.18. The summed E-state index contributed by atoms with van der Waals surface area (Å²) in [4.78, 5) is 14.5. The number of nitrogens with zero attached hydrogens (tertiary/aromatic N) is 5. The molecule has 0 saturated carbocycles. The fraction of sp³-hybridized carbons (Fsp3) is 0.565. The number of hydrogen-bond acceptors (Lipinski definition) is 6. The van der Waals surface area contributed by atoms with Crippen LogP contribution in [-0.4, -0.2) is 59.8 Å². The van der Waals surface area contributed by atoms with Gasteiger partial charge in [0.05, 0.1) is 31.3 Å². The molecule has 0 unspecified atom stereocenters. The lowest BCUT2D eigenvalue weighted by Gasteiger charge is -2.31. The molecule has 3 aromatic heterocycles. The predicted molar refractivity (Wildman–Crippen MR) is 119 cm³/mol. The van der Waals surface area contributed by atoms with Crippen molar-refractivity contribution < 1.29 is 9.15 Å². The summed E-state index contributed by atoms with van der Waals surface area (Å²) in [5.41, 5.74) is 3.33. The summed E-state index contributed by atoms with van der Waals surface area (Å²) in [5, 5.41) is 0. The van der Waals surface area contributed by atoms with Crippen LogP contribution in [0.2, 0.25) is 0 Å². The van der Waals surface area contributed by atoms with Gasteiger partial charge in [0, 0.05) is 38.4 Å². The van der Waals surface area contributed by atoms with Crippen LogP contribution in [0, 0.1) is 0 Å². The Balaban J connectivity index is 1.58. The Kier molecular flexibility index (Phi) is 6.39. The van der Waals surface area contributed by atoms with Gasteiger partial charge in [-0.1, -0.05) is 0 Å². The molecular weight excluding hydrogens is 378 g/mol. The van der Waals surface area contributed by atoms with Gasteiger partial charge in [-0.25, -0.2) is 9.97 Å². The van der Waals surface area contributed by atoms with Crippen molar-refractivity contribution in [3.63, 3.8) is 0 Å². The van der Waals surface area contributed by atoms with Crippen LogP contribution in [-0.2, 0) is 11.3 Å². The van der Waals surface area contributed by atoms with E-state index < -0.39 is 0 Å². The molecule has 0 N–H and O–H groups in total. The molecule has 0 spiro atoms. The molecule has 3 aromatic rings. The van der Waals surface area contributed by atoms with Gasteiger partial charge in [-0.2, -0.15) is 0 Å². The highest BCUT2D eigenvalue weighted by Gasteiger charge is 2.25. The number of likely N-dealkylation sites (tertiary alicyclic amines) is 1. The quantitative estimate of drug-likeness (QED) is 0.557. The molecule has 0 radical (unpaired) electrons. The zero-order valence-corrected chi connectivity index (χ0v) is 18.5. The molecule has 0 amide bonds. The lowest BCUT2D eigenvalue weighted by Crippen LogP contribution is -2.32. The summed E-state index contributed by atoms with van der Waals surface area (Å²) in [5.74, 6) is 2.46. The van der Waals surface area contributed by atoms with E-state index in [1.54, 1.807) is 13.4 Å². The van der Waals surface area contributed by atoms with Crippen molar-refractivity contribution in [2.75, 3.05) is 45.3 Å². The predicted octanol–water partition coefficient (Wildman–Crippen LogP) is 4.07. The zero-order chi connectivity index (χ0) is 21.1. The molecule has 0 atom stereocenters. The lowest BCUT2D eigenvalue weighted by molar-refractivity contribution is 0.190. The molecule has 7 nitrogen and oxygen atoms in total. The van der Waals surface area contributed by atoms with Crippen LogP contribution in [0.3, 0.4) is 0 Å². The Morgan fingerprint density at radius 3 is 2.77 bits per heavy atom. The van der Waals surface area contributed by atoms with E-state index in [4.69, 9.17) is 19.1 Å². The first-order valence-electron chi connectivity index (χ1n) is 10.9. The average Bonchev–Trinajstić information content (AvgIpc) is 3.41. The summed E-state index contributed by atoms with van der Waals surface area (Å²) < 4.78 is 13.1. The maximum absolute atomic E-state index is 5.52. The number of anilines is 1. The SMILES string of the molecule is COCCN(C)c1nc(C2CCN(Cc3ccco3)CC2)cc2c1ncn2C(C)C. The van der Waals surface area contributed by atoms with Gasteiger partial charge in [-0.3, -0.25) is 4.90 Å². The van der Waals surface area contributed by atoms with Crippen LogP contribution in [0.4, 0.5) is 5.82 Å².